The van der Waals surface area contributed by atoms with Crippen LogP contribution in [-0.2, 0) is 6.42 Å². The number of amides is 1. The number of nitrogens with zero attached hydrogens (tertiary/aromatic N) is 1. The molecule has 0 radical (unpaired) electrons. The predicted octanol–water partition coefficient (Wildman–Crippen LogP) is 5.96. The van der Waals surface area contributed by atoms with Gasteiger partial charge in [-0.2, -0.15) is 0 Å². The third-order valence-corrected chi connectivity index (χ3v) is 5.30. The lowest BCUT2D eigenvalue weighted by molar-refractivity contribution is 0.102. The van der Waals surface area contributed by atoms with Crippen LogP contribution in [0.4, 0.5) is 5.13 Å². The summed E-state index contributed by atoms with van der Waals surface area (Å²) in [6.07, 6.45) is 0.856. The minimum absolute atomic E-state index is 0.143. The highest BCUT2D eigenvalue weighted by Gasteiger charge is 2.10. The molecule has 4 heteroatoms. The van der Waals surface area contributed by atoms with Gasteiger partial charge in [0.1, 0.15) is 0 Å². The standard InChI is InChI=1S/C24H20N2OS/c1-17-7-11-20(12-8-17)22-16-28-24(25-22)26-23(27)21-13-9-19(10-14-21)15-18-5-3-2-4-6-18/h2-14,16H,15H2,1H3,(H,25,26,27). The molecule has 0 aliphatic heterocycles. The molecule has 4 aromatic rings. The van der Waals surface area contributed by atoms with Crippen LogP contribution in [0.2, 0.25) is 0 Å². The number of hydrogen-bond acceptors (Lipinski definition) is 3. The van der Waals surface area contributed by atoms with Crippen molar-refractivity contribution in [2.45, 2.75) is 13.3 Å². The van der Waals surface area contributed by atoms with Crippen molar-refractivity contribution in [2.75, 3.05) is 5.32 Å². The summed E-state index contributed by atoms with van der Waals surface area (Å²) in [7, 11) is 0. The molecule has 0 unspecified atom stereocenters. The van der Waals surface area contributed by atoms with Crippen LogP contribution < -0.4 is 5.32 Å². The normalized spacial score (nSPS) is 10.6. The molecule has 1 amide bonds. The molecule has 1 heterocycles. The van der Waals surface area contributed by atoms with Crippen LogP contribution in [0, 0.1) is 6.92 Å². The molecule has 4 rings (SSSR count). The molecule has 0 fully saturated rings. The predicted molar refractivity (Wildman–Crippen MR) is 116 cm³/mol. The fourth-order valence-electron chi connectivity index (χ4n) is 2.96. The Bertz CT molecular complexity index is 1070. The summed E-state index contributed by atoms with van der Waals surface area (Å²) < 4.78 is 0. The van der Waals surface area contributed by atoms with Gasteiger partial charge in [0.15, 0.2) is 5.13 Å². The minimum atomic E-state index is -0.143. The summed E-state index contributed by atoms with van der Waals surface area (Å²) in [4.78, 5) is 17.1. The lowest BCUT2D eigenvalue weighted by Crippen LogP contribution is -2.11. The average molecular weight is 385 g/mol. The summed E-state index contributed by atoms with van der Waals surface area (Å²) in [6.45, 7) is 2.06. The molecule has 3 nitrogen and oxygen atoms in total. The Kier molecular flexibility index (Phi) is 5.31. The van der Waals surface area contributed by atoms with E-state index in [0.29, 0.717) is 10.7 Å². The van der Waals surface area contributed by atoms with E-state index in [1.807, 2.05) is 60.0 Å². The zero-order chi connectivity index (χ0) is 19.3. The number of carbonyl (C=O) groups is 1. The Hall–Kier alpha value is -3.24. The van der Waals surface area contributed by atoms with Crippen molar-refractivity contribution in [1.29, 1.82) is 0 Å². The van der Waals surface area contributed by atoms with E-state index in [1.165, 1.54) is 28.0 Å². The van der Waals surface area contributed by atoms with E-state index < -0.39 is 0 Å². The third-order valence-electron chi connectivity index (χ3n) is 4.54. The zero-order valence-electron chi connectivity index (χ0n) is 15.6. The number of aromatic nitrogens is 1. The van der Waals surface area contributed by atoms with Crippen LogP contribution in [0.1, 0.15) is 27.0 Å². The number of anilines is 1. The third kappa shape index (κ3) is 4.35. The van der Waals surface area contributed by atoms with E-state index in [2.05, 4.69) is 41.5 Å². The fourth-order valence-corrected chi connectivity index (χ4v) is 3.68. The van der Waals surface area contributed by atoms with Crippen LogP contribution in [0.15, 0.2) is 84.2 Å². The molecule has 0 bridgehead atoms. The van der Waals surface area contributed by atoms with Gasteiger partial charge in [-0.15, -0.1) is 11.3 Å². The highest BCUT2D eigenvalue weighted by atomic mass is 32.1. The van der Waals surface area contributed by atoms with Crippen molar-refractivity contribution < 1.29 is 4.79 Å². The number of aryl methyl sites for hydroxylation is 1. The maximum Gasteiger partial charge on any atom is 0.257 e. The van der Waals surface area contributed by atoms with E-state index in [0.717, 1.165) is 17.7 Å². The largest absolute Gasteiger partial charge is 0.298 e. The van der Waals surface area contributed by atoms with Crippen molar-refractivity contribution in [2.24, 2.45) is 0 Å². The Morgan fingerprint density at radius 1 is 0.893 bits per heavy atom. The molecule has 0 saturated heterocycles. The smallest absolute Gasteiger partial charge is 0.257 e. The highest BCUT2D eigenvalue weighted by Crippen LogP contribution is 2.25. The number of benzene rings is 3. The number of carbonyl (C=O) groups excluding carboxylic acids is 1. The van der Waals surface area contributed by atoms with Gasteiger partial charge in [0.2, 0.25) is 0 Å². The summed E-state index contributed by atoms with van der Waals surface area (Å²) in [6, 6.07) is 26.2. The fraction of sp³-hybridized carbons (Fsp3) is 0.0833. The van der Waals surface area contributed by atoms with Gasteiger partial charge < -0.3 is 0 Å². The summed E-state index contributed by atoms with van der Waals surface area (Å²) in [5, 5.41) is 5.46. The first kappa shape index (κ1) is 18.1. The maximum atomic E-state index is 12.5. The molecule has 3 aromatic carbocycles. The highest BCUT2D eigenvalue weighted by molar-refractivity contribution is 7.14. The lowest BCUT2D eigenvalue weighted by Gasteiger charge is -2.05. The average Bonchev–Trinajstić information content (AvgIpc) is 3.18. The first-order valence-corrected chi connectivity index (χ1v) is 10.0. The van der Waals surface area contributed by atoms with E-state index in [4.69, 9.17) is 0 Å². The second-order valence-corrected chi connectivity index (χ2v) is 7.58. The Morgan fingerprint density at radius 3 is 2.29 bits per heavy atom. The first-order chi connectivity index (χ1) is 13.7. The second kappa shape index (κ2) is 8.19. The molecule has 1 aromatic heterocycles. The van der Waals surface area contributed by atoms with Crippen LogP contribution in [0.25, 0.3) is 11.3 Å². The molecular formula is C24H20N2OS. The van der Waals surface area contributed by atoms with Gasteiger partial charge in [-0.05, 0) is 36.6 Å². The van der Waals surface area contributed by atoms with Gasteiger partial charge in [0, 0.05) is 16.5 Å². The van der Waals surface area contributed by atoms with E-state index in [-0.39, 0.29) is 5.91 Å². The van der Waals surface area contributed by atoms with Gasteiger partial charge in [0.25, 0.3) is 5.91 Å². The Balaban J connectivity index is 1.42. The summed E-state index contributed by atoms with van der Waals surface area (Å²) in [5.74, 6) is -0.143. The zero-order valence-corrected chi connectivity index (χ0v) is 16.4. The van der Waals surface area contributed by atoms with Crippen molar-refractivity contribution in [1.82, 2.24) is 4.98 Å². The SMILES string of the molecule is Cc1ccc(-c2csc(NC(=O)c3ccc(Cc4ccccc4)cc3)n2)cc1. The Labute approximate surface area is 168 Å². The Morgan fingerprint density at radius 2 is 1.57 bits per heavy atom. The molecule has 1 N–H and O–H groups in total. The van der Waals surface area contributed by atoms with E-state index in [9.17, 15) is 4.79 Å². The molecule has 0 saturated carbocycles. The first-order valence-electron chi connectivity index (χ1n) is 9.14. The van der Waals surface area contributed by atoms with E-state index >= 15 is 0 Å². The van der Waals surface area contributed by atoms with Gasteiger partial charge in [-0.1, -0.05) is 72.3 Å². The molecule has 0 aliphatic rings. The van der Waals surface area contributed by atoms with Crippen molar-refractivity contribution in [3.8, 4) is 11.3 Å². The van der Waals surface area contributed by atoms with Crippen LogP contribution in [0.3, 0.4) is 0 Å². The minimum Gasteiger partial charge on any atom is -0.298 e. The quantitative estimate of drug-likeness (QED) is 0.461. The van der Waals surface area contributed by atoms with Gasteiger partial charge in [-0.25, -0.2) is 4.98 Å². The van der Waals surface area contributed by atoms with Gasteiger partial charge >= 0.3 is 0 Å². The molecule has 0 atom stereocenters. The van der Waals surface area contributed by atoms with Crippen LogP contribution in [0.5, 0.6) is 0 Å². The molecule has 0 aliphatic carbocycles. The molecule has 138 valence electrons. The summed E-state index contributed by atoms with van der Waals surface area (Å²) >= 11 is 1.43. The van der Waals surface area contributed by atoms with Gasteiger partial charge in [0.05, 0.1) is 5.69 Å². The van der Waals surface area contributed by atoms with Crippen LogP contribution in [-0.4, -0.2) is 10.9 Å². The molecular weight excluding hydrogens is 364 g/mol. The van der Waals surface area contributed by atoms with Gasteiger partial charge in [-0.3, -0.25) is 10.1 Å². The van der Waals surface area contributed by atoms with Crippen molar-refractivity contribution in [3.05, 3.63) is 106 Å². The number of nitrogens with one attached hydrogen (secondary N) is 1. The maximum absolute atomic E-state index is 12.5. The van der Waals surface area contributed by atoms with Crippen molar-refractivity contribution in [3.63, 3.8) is 0 Å². The number of thiazole rings is 1. The molecule has 28 heavy (non-hydrogen) atoms. The van der Waals surface area contributed by atoms with E-state index in [1.54, 1.807) is 0 Å². The monoisotopic (exact) mass is 384 g/mol. The molecule has 0 spiro atoms. The van der Waals surface area contributed by atoms with Crippen LogP contribution >= 0.6 is 11.3 Å². The van der Waals surface area contributed by atoms with Crippen molar-refractivity contribution >= 4 is 22.4 Å². The topological polar surface area (TPSA) is 42.0 Å². The summed E-state index contributed by atoms with van der Waals surface area (Å²) in [5.41, 5.74) is 6.20. The lowest BCUT2D eigenvalue weighted by atomic mass is 10.0. The number of hydrogen-bond donors (Lipinski definition) is 1. The second-order valence-electron chi connectivity index (χ2n) is 6.72. The number of rotatable bonds is 5.